The molecule has 2 aromatic rings. The van der Waals surface area contributed by atoms with Crippen LogP contribution >= 0.6 is 0 Å². The molecular weight excluding hydrogens is 256 g/mol. The number of carboxylic acids is 1. The van der Waals surface area contributed by atoms with Crippen LogP contribution in [0, 0.1) is 6.92 Å². The van der Waals surface area contributed by atoms with E-state index in [0.29, 0.717) is 5.75 Å². The van der Waals surface area contributed by atoms with Crippen molar-refractivity contribution in [1.29, 1.82) is 0 Å². The predicted molar refractivity (Wildman–Crippen MR) is 74.7 cm³/mol. The lowest BCUT2D eigenvalue weighted by molar-refractivity contribution is -0.139. The van der Waals surface area contributed by atoms with E-state index in [9.17, 15) is 4.79 Å². The molecule has 1 aromatic carbocycles. The molecule has 2 rings (SSSR count). The highest BCUT2D eigenvalue weighted by atomic mass is 16.5. The van der Waals surface area contributed by atoms with Crippen molar-refractivity contribution in [3.05, 3.63) is 41.9 Å². The minimum absolute atomic E-state index is 0.341. The highest BCUT2D eigenvalue weighted by Gasteiger charge is 2.07. The zero-order valence-corrected chi connectivity index (χ0v) is 11.5. The molecule has 0 aliphatic carbocycles. The van der Waals surface area contributed by atoms with Gasteiger partial charge in [-0.15, -0.1) is 0 Å². The van der Waals surface area contributed by atoms with Crippen LogP contribution in [0.25, 0.3) is 11.3 Å². The molecule has 104 valence electrons. The van der Waals surface area contributed by atoms with Crippen LogP contribution in [0.3, 0.4) is 0 Å². The number of rotatable bonds is 5. The number of aryl methyl sites for hydroxylation is 2. The molecule has 0 spiro atoms. The first-order chi connectivity index (χ1) is 9.60. The van der Waals surface area contributed by atoms with Crippen molar-refractivity contribution in [1.82, 2.24) is 9.97 Å². The molecule has 0 unspecified atom stereocenters. The maximum absolute atomic E-state index is 10.4. The van der Waals surface area contributed by atoms with Crippen molar-refractivity contribution in [2.45, 2.75) is 20.3 Å². The fourth-order valence-electron chi connectivity index (χ4n) is 1.86. The third-order valence-electron chi connectivity index (χ3n) is 2.86. The van der Waals surface area contributed by atoms with Gasteiger partial charge in [-0.05, 0) is 43.2 Å². The number of carboxylic acid groups (broad SMARTS) is 1. The van der Waals surface area contributed by atoms with Crippen LogP contribution in [0.4, 0.5) is 0 Å². The molecule has 1 aromatic heterocycles. The van der Waals surface area contributed by atoms with Crippen LogP contribution in [-0.2, 0) is 11.2 Å². The zero-order valence-electron chi connectivity index (χ0n) is 11.5. The van der Waals surface area contributed by atoms with Gasteiger partial charge in [-0.1, -0.05) is 6.92 Å². The van der Waals surface area contributed by atoms with E-state index in [1.54, 1.807) is 12.1 Å². The van der Waals surface area contributed by atoms with Gasteiger partial charge in [0.2, 0.25) is 0 Å². The van der Waals surface area contributed by atoms with Crippen molar-refractivity contribution in [2.24, 2.45) is 0 Å². The highest BCUT2D eigenvalue weighted by molar-refractivity contribution is 5.68. The van der Waals surface area contributed by atoms with Gasteiger partial charge in [0.1, 0.15) is 11.6 Å². The molecule has 0 bridgehead atoms. The Bertz CT molecular complexity index is 609. The van der Waals surface area contributed by atoms with Crippen molar-refractivity contribution in [3.8, 4) is 17.0 Å². The molecule has 0 saturated heterocycles. The predicted octanol–water partition coefficient (Wildman–Crippen LogP) is 2.48. The molecule has 0 atom stereocenters. The number of hydrogen-bond donors (Lipinski definition) is 1. The maximum atomic E-state index is 10.4. The second kappa shape index (κ2) is 6.14. The summed E-state index contributed by atoms with van der Waals surface area (Å²) in [7, 11) is 0. The Morgan fingerprint density at radius 3 is 2.60 bits per heavy atom. The molecule has 1 heterocycles. The minimum Gasteiger partial charge on any atom is -0.482 e. The molecule has 0 fully saturated rings. The molecular formula is C15H16N2O3. The molecule has 0 aliphatic rings. The molecule has 20 heavy (non-hydrogen) atoms. The number of aromatic nitrogens is 2. The number of nitrogens with zero attached hydrogens (tertiary/aromatic N) is 2. The van der Waals surface area contributed by atoms with E-state index >= 15 is 0 Å². The Morgan fingerprint density at radius 2 is 2.00 bits per heavy atom. The van der Waals surface area contributed by atoms with Gasteiger partial charge in [-0.3, -0.25) is 0 Å². The van der Waals surface area contributed by atoms with Crippen molar-refractivity contribution < 1.29 is 14.6 Å². The lowest BCUT2D eigenvalue weighted by atomic mass is 10.1. The summed E-state index contributed by atoms with van der Waals surface area (Å²) in [5, 5.41) is 8.56. The third-order valence-corrected chi connectivity index (χ3v) is 2.86. The van der Waals surface area contributed by atoms with E-state index in [0.717, 1.165) is 29.1 Å². The van der Waals surface area contributed by atoms with Gasteiger partial charge in [-0.25, -0.2) is 14.8 Å². The van der Waals surface area contributed by atoms with E-state index < -0.39 is 5.97 Å². The zero-order chi connectivity index (χ0) is 14.5. The normalized spacial score (nSPS) is 10.3. The van der Waals surface area contributed by atoms with E-state index in [1.807, 2.05) is 25.3 Å². The van der Waals surface area contributed by atoms with E-state index in [1.165, 1.54) is 0 Å². The average Bonchev–Trinajstić information content (AvgIpc) is 2.45. The number of hydrogen-bond acceptors (Lipinski definition) is 4. The smallest absolute Gasteiger partial charge is 0.341 e. The largest absolute Gasteiger partial charge is 0.482 e. The fraction of sp³-hybridized carbons (Fsp3) is 0.267. The summed E-state index contributed by atoms with van der Waals surface area (Å²) in [4.78, 5) is 19.1. The molecule has 1 N–H and O–H groups in total. The van der Waals surface area contributed by atoms with Crippen molar-refractivity contribution in [3.63, 3.8) is 0 Å². The van der Waals surface area contributed by atoms with E-state index in [-0.39, 0.29) is 6.61 Å². The summed E-state index contributed by atoms with van der Waals surface area (Å²) in [6, 6.07) is 7.24. The Kier molecular flexibility index (Phi) is 4.30. The van der Waals surface area contributed by atoms with Crippen LogP contribution in [-0.4, -0.2) is 27.7 Å². The topological polar surface area (TPSA) is 72.3 Å². The molecule has 0 amide bonds. The summed E-state index contributed by atoms with van der Waals surface area (Å²) >= 11 is 0. The Hall–Kier alpha value is -2.43. The van der Waals surface area contributed by atoms with Crippen LogP contribution < -0.4 is 4.74 Å². The quantitative estimate of drug-likeness (QED) is 0.905. The molecule has 5 nitrogen and oxygen atoms in total. The molecule has 0 aliphatic heterocycles. The first kappa shape index (κ1) is 14.0. The number of carbonyl (C=O) groups is 1. The Balaban J connectivity index is 2.25. The lowest BCUT2D eigenvalue weighted by Crippen LogP contribution is -2.09. The summed E-state index contributed by atoms with van der Waals surface area (Å²) in [6.07, 6.45) is 2.69. The summed E-state index contributed by atoms with van der Waals surface area (Å²) in [5.41, 5.74) is 2.95. The number of aliphatic carboxylic acids is 1. The second-order valence-corrected chi connectivity index (χ2v) is 4.35. The lowest BCUT2D eigenvalue weighted by Gasteiger charge is -2.09. The first-order valence-corrected chi connectivity index (χ1v) is 6.37. The van der Waals surface area contributed by atoms with Crippen LogP contribution in [0.1, 0.15) is 18.3 Å². The summed E-state index contributed by atoms with van der Waals surface area (Å²) < 4.78 is 5.11. The first-order valence-electron chi connectivity index (χ1n) is 6.37. The monoisotopic (exact) mass is 272 g/mol. The standard InChI is InChI=1S/C15H16N2O3/c1-3-11-8-16-10(2)17-15(11)12-4-6-13(7-5-12)20-9-14(18)19/h4-8H,3,9H2,1-2H3,(H,18,19). The van der Waals surface area contributed by atoms with Gasteiger partial charge in [0.15, 0.2) is 6.61 Å². The Labute approximate surface area is 117 Å². The molecule has 0 radical (unpaired) electrons. The van der Waals surface area contributed by atoms with Crippen molar-refractivity contribution in [2.75, 3.05) is 6.61 Å². The van der Waals surface area contributed by atoms with Gasteiger partial charge in [0.25, 0.3) is 0 Å². The van der Waals surface area contributed by atoms with Crippen LogP contribution in [0.15, 0.2) is 30.5 Å². The van der Waals surface area contributed by atoms with Gasteiger partial charge >= 0.3 is 5.97 Å². The van der Waals surface area contributed by atoms with Gasteiger partial charge < -0.3 is 9.84 Å². The SMILES string of the molecule is CCc1cnc(C)nc1-c1ccc(OCC(=O)O)cc1. The van der Waals surface area contributed by atoms with Crippen LogP contribution in [0.5, 0.6) is 5.75 Å². The number of benzene rings is 1. The van der Waals surface area contributed by atoms with Gasteiger partial charge in [0, 0.05) is 11.8 Å². The summed E-state index contributed by atoms with van der Waals surface area (Å²) in [5.74, 6) is 0.261. The fourth-order valence-corrected chi connectivity index (χ4v) is 1.86. The third kappa shape index (κ3) is 3.32. The Morgan fingerprint density at radius 1 is 1.30 bits per heavy atom. The average molecular weight is 272 g/mol. The van der Waals surface area contributed by atoms with Gasteiger partial charge in [-0.2, -0.15) is 0 Å². The van der Waals surface area contributed by atoms with E-state index in [4.69, 9.17) is 9.84 Å². The summed E-state index contributed by atoms with van der Waals surface area (Å²) in [6.45, 7) is 3.57. The van der Waals surface area contributed by atoms with Gasteiger partial charge in [0.05, 0.1) is 5.69 Å². The second-order valence-electron chi connectivity index (χ2n) is 4.35. The minimum atomic E-state index is -0.992. The van der Waals surface area contributed by atoms with Crippen LogP contribution in [0.2, 0.25) is 0 Å². The van der Waals surface area contributed by atoms with Crippen molar-refractivity contribution >= 4 is 5.97 Å². The molecule has 5 heteroatoms. The van der Waals surface area contributed by atoms with E-state index in [2.05, 4.69) is 16.9 Å². The molecule has 0 saturated carbocycles. The maximum Gasteiger partial charge on any atom is 0.341 e. The number of ether oxygens (including phenoxy) is 1. The highest BCUT2D eigenvalue weighted by Crippen LogP contribution is 2.24.